The Labute approximate surface area is 61.3 Å². The number of rotatable bonds is 0. The molecule has 0 fully saturated rings. The second-order valence-corrected chi connectivity index (χ2v) is 1.41. The fourth-order valence-corrected chi connectivity index (χ4v) is 0. The summed E-state index contributed by atoms with van der Waals surface area (Å²) in [4.78, 5) is 24.3. The molecule has 0 aliphatic heterocycles. The molecule has 0 saturated carbocycles. The smallest absolute Gasteiger partial charge is 0.790 e. The van der Waals surface area contributed by atoms with Gasteiger partial charge in [0, 0.05) is 0 Å². The summed E-state index contributed by atoms with van der Waals surface area (Å²) in [5.41, 5.74) is 0. The Morgan fingerprint density at radius 3 is 1.11 bits per heavy atom. The quantitative estimate of drug-likeness (QED) is 0.308. The first-order valence-corrected chi connectivity index (χ1v) is 2.24. The van der Waals surface area contributed by atoms with Crippen LogP contribution in [0.1, 0.15) is 0 Å². The molecule has 7 nitrogen and oxygen atoms in total. The van der Waals surface area contributed by atoms with Gasteiger partial charge in [0.15, 0.2) is 0 Å². The molecule has 0 aromatic heterocycles. The van der Waals surface area contributed by atoms with Gasteiger partial charge in [0.1, 0.15) is 0 Å². The second-order valence-electron chi connectivity index (χ2n) is 0.469. The van der Waals surface area contributed by atoms with Crippen LogP contribution in [0.15, 0.2) is 0 Å². The van der Waals surface area contributed by atoms with Gasteiger partial charge in [-0.1, -0.05) is 0 Å². The summed E-state index contributed by atoms with van der Waals surface area (Å²) in [7, 11) is -5.14. The Balaban J connectivity index is -0.0000000133. The summed E-state index contributed by atoms with van der Waals surface area (Å²) >= 11 is 0. The van der Waals surface area contributed by atoms with Crippen molar-refractivity contribution in [2.45, 2.75) is 0 Å². The first-order chi connectivity index (χ1) is 2.00. The summed E-state index contributed by atoms with van der Waals surface area (Å²) in [6, 6.07) is 0. The van der Waals surface area contributed by atoms with Crippen molar-refractivity contribution in [2.75, 3.05) is 0 Å². The van der Waals surface area contributed by atoms with E-state index in [1.807, 2.05) is 0 Å². The molecule has 0 amide bonds. The van der Waals surface area contributed by atoms with Gasteiger partial charge in [0.2, 0.25) is 0 Å². The van der Waals surface area contributed by atoms with Crippen LogP contribution in [-0.4, -0.2) is 21.3 Å². The van der Waals surface area contributed by atoms with Gasteiger partial charge in [0.05, 0.1) is 7.82 Å². The Kier molecular flexibility index (Phi) is 42.6. The first-order valence-electron chi connectivity index (χ1n) is 0.748. The maximum atomic E-state index is 8.66. The Morgan fingerprint density at radius 2 is 1.11 bits per heavy atom. The van der Waals surface area contributed by atoms with Crippen molar-refractivity contribution < 1.29 is 52.7 Å². The maximum Gasteiger partial charge on any atom is 2.00 e. The van der Waals surface area contributed by atoms with Gasteiger partial charge in [-0.15, -0.1) is 0 Å². The molecule has 0 aliphatic rings. The first kappa shape index (κ1) is 33.9. The standard InChI is InChI=1S/Mn.H3O4P.3H2O/c;1-5(2,3)4;;;/h;(H3,1,2,3,4);3*1H2/q+2;;;;/p-2. The van der Waals surface area contributed by atoms with Gasteiger partial charge < -0.3 is 35.7 Å². The van der Waals surface area contributed by atoms with Crippen molar-refractivity contribution in [3.63, 3.8) is 0 Å². The van der Waals surface area contributed by atoms with Crippen molar-refractivity contribution in [1.29, 1.82) is 0 Å². The van der Waals surface area contributed by atoms with E-state index in [4.69, 9.17) is 19.2 Å². The van der Waals surface area contributed by atoms with Crippen LogP contribution in [0.3, 0.4) is 0 Å². The molecule has 0 aromatic rings. The zero-order valence-corrected chi connectivity index (χ0v) is 6.07. The monoisotopic (exact) mass is 205 g/mol. The SMILES string of the molecule is O.O.O.O=P([O-])([O-])O.[Mn+2]. The average molecular weight is 205 g/mol. The molecule has 61 valence electrons. The average Bonchev–Trinajstić information content (AvgIpc) is 0.722. The molecule has 9 heteroatoms. The number of phosphoric acid groups is 1. The zero-order chi connectivity index (χ0) is 4.50. The van der Waals surface area contributed by atoms with E-state index in [-0.39, 0.29) is 33.5 Å². The molecule has 0 heterocycles. The van der Waals surface area contributed by atoms with Crippen molar-refractivity contribution in [2.24, 2.45) is 0 Å². The minimum Gasteiger partial charge on any atom is -0.790 e. The Bertz CT molecular complexity index is 55.1. The third-order valence-electron chi connectivity index (χ3n) is 0. The number of hydrogen-bond donors (Lipinski definition) is 1. The fraction of sp³-hybridized carbons (Fsp3) is 0. The summed E-state index contributed by atoms with van der Waals surface area (Å²) < 4.78 is 8.66. The topological polar surface area (TPSA) is 178 Å². The number of hydrogen-bond acceptors (Lipinski definition) is 3. The fourth-order valence-electron chi connectivity index (χ4n) is 0. The molecule has 0 bridgehead atoms. The normalized spacial score (nSPS) is 6.56. The zero-order valence-electron chi connectivity index (χ0n) is 4.00. The molecule has 0 aliphatic carbocycles. The summed E-state index contributed by atoms with van der Waals surface area (Å²) in [5, 5.41) is 0. The van der Waals surface area contributed by atoms with Gasteiger partial charge in [-0.05, 0) is 0 Å². The van der Waals surface area contributed by atoms with E-state index < -0.39 is 7.82 Å². The van der Waals surface area contributed by atoms with E-state index in [0.29, 0.717) is 0 Å². The summed E-state index contributed by atoms with van der Waals surface area (Å²) in [6.45, 7) is 0. The molecule has 0 spiro atoms. The minimum atomic E-state index is -5.14. The van der Waals surface area contributed by atoms with Crippen molar-refractivity contribution in [3.05, 3.63) is 0 Å². The van der Waals surface area contributed by atoms with Crippen LogP contribution in [-0.2, 0) is 21.6 Å². The molecular formula is H7MnO7P. The summed E-state index contributed by atoms with van der Waals surface area (Å²) in [5.74, 6) is 0. The van der Waals surface area contributed by atoms with Crippen molar-refractivity contribution in [1.82, 2.24) is 0 Å². The minimum absolute atomic E-state index is 0. The molecule has 0 rings (SSSR count). The van der Waals surface area contributed by atoms with Crippen LogP contribution in [0, 0.1) is 0 Å². The van der Waals surface area contributed by atoms with Gasteiger partial charge in [-0.2, -0.15) is 0 Å². The van der Waals surface area contributed by atoms with Crippen molar-refractivity contribution in [3.8, 4) is 0 Å². The predicted octanol–water partition coefficient (Wildman–Crippen LogP) is -4.67. The second kappa shape index (κ2) is 11.3. The van der Waals surface area contributed by atoms with Crippen LogP contribution >= 0.6 is 7.82 Å². The van der Waals surface area contributed by atoms with E-state index in [9.17, 15) is 0 Å². The van der Waals surface area contributed by atoms with Gasteiger partial charge >= 0.3 is 17.1 Å². The van der Waals surface area contributed by atoms with E-state index in [2.05, 4.69) is 0 Å². The molecule has 1 radical (unpaired) electrons. The largest absolute Gasteiger partial charge is 2.00 e. The molecule has 7 N–H and O–H groups in total. The van der Waals surface area contributed by atoms with Gasteiger partial charge in [-0.3, -0.25) is 0 Å². The molecule has 0 atom stereocenters. The van der Waals surface area contributed by atoms with Crippen molar-refractivity contribution >= 4 is 7.82 Å². The summed E-state index contributed by atoms with van der Waals surface area (Å²) in [6.07, 6.45) is 0. The molecular weight excluding hydrogens is 198 g/mol. The Hall–Kier alpha value is 0.509. The third kappa shape index (κ3) is 1390. The molecule has 9 heavy (non-hydrogen) atoms. The predicted molar refractivity (Wildman–Crippen MR) is 20.7 cm³/mol. The Morgan fingerprint density at radius 1 is 1.11 bits per heavy atom. The van der Waals surface area contributed by atoms with E-state index in [0.717, 1.165) is 0 Å². The van der Waals surface area contributed by atoms with Gasteiger partial charge in [-0.25, -0.2) is 0 Å². The third-order valence-corrected chi connectivity index (χ3v) is 0. The molecule has 0 saturated heterocycles. The maximum absolute atomic E-state index is 8.66. The van der Waals surface area contributed by atoms with E-state index in [1.54, 1.807) is 0 Å². The van der Waals surface area contributed by atoms with Crippen LogP contribution in [0.2, 0.25) is 0 Å². The van der Waals surface area contributed by atoms with Crippen LogP contribution in [0.5, 0.6) is 0 Å². The van der Waals surface area contributed by atoms with E-state index >= 15 is 0 Å². The van der Waals surface area contributed by atoms with Crippen LogP contribution in [0.4, 0.5) is 0 Å². The van der Waals surface area contributed by atoms with E-state index in [1.165, 1.54) is 0 Å². The van der Waals surface area contributed by atoms with Gasteiger partial charge in [0.25, 0.3) is 0 Å². The van der Waals surface area contributed by atoms with Crippen LogP contribution in [0.25, 0.3) is 0 Å². The molecule has 0 unspecified atom stereocenters. The molecule has 0 aromatic carbocycles. The van der Waals surface area contributed by atoms with Crippen LogP contribution < -0.4 is 9.79 Å².